The molecule has 42 heavy (non-hydrogen) atoms. The highest BCUT2D eigenvalue weighted by Crippen LogP contribution is 2.36. The number of hydrogen-bond acceptors (Lipinski definition) is 4. The van der Waals surface area contributed by atoms with Crippen LogP contribution in [0.1, 0.15) is 26.4 Å². The number of nitrogens with zero attached hydrogens (tertiary/aromatic N) is 1. The minimum atomic E-state index is -0.657. The van der Waals surface area contributed by atoms with Crippen LogP contribution in [0.5, 0.6) is 5.75 Å². The van der Waals surface area contributed by atoms with E-state index in [9.17, 15) is 9.59 Å². The zero-order valence-electron chi connectivity index (χ0n) is 21.7. The third-order valence-electron chi connectivity index (χ3n) is 6.68. The second-order valence-corrected chi connectivity index (χ2v) is 11.1. The van der Waals surface area contributed by atoms with E-state index in [1.54, 1.807) is 24.3 Å². The summed E-state index contributed by atoms with van der Waals surface area (Å²) in [5, 5.41) is 7.77. The normalized spacial score (nSPS) is 11.3. The van der Waals surface area contributed by atoms with Gasteiger partial charge in [0.05, 0.1) is 22.3 Å². The van der Waals surface area contributed by atoms with Crippen molar-refractivity contribution in [1.29, 1.82) is 0 Å². The second-order valence-electron chi connectivity index (χ2n) is 9.35. The van der Waals surface area contributed by atoms with Gasteiger partial charge in [-0.25, -0.2) is 10.2 Å². The van der Waals surface area contributed by atoms with Gasteiger partial charge in [0, 0.05) is 31.4 Å². The molecule has 0 aliphatic carbocycles. The largest absolute Gasteiger partial charge is 0.422 e. The number of benzene rings is 5. The van der Waals surface area contributed by atoms with Gasteiger partial charge in [0.15, 0.2) is 0 Å². The Labute approximate surface area is 259 Å². The number of fused-ring (bicyclic) bond motifs is 3. The fraction of sp³-hybridized carbons (Fsp3) is 0. The maximum atomic E-state index is 13.5. The van der Waals surface area contributed by atoms with Crippen molar-refractivity contribution in [3.8, 4) is 16.9 Å². The Kier molecular flexibility index (Phi) is 7.80. The molecule has 1 heterocycles. The predicted octanol–water partition coefficient (Wildman–Crippen LogP) is 9.04. The van der Waals surface area contributed by atoms with Crippen LogP contribution < -0.4 is 10.2 Å². The predicted molar refractivity (Wildman–Crippen MR) is 172 cm³/mol. The van der Waals surface area contributed by atoms with E-state index in [0.717, 1.165) is 37.3 Å². The highest BCUT2D eigenvalue weighted by atomic mass is 79.9. The molecule has 6 rings (SSSR count). The van der Waals surface area contributed by atoms with Crippen molar-refractivity contribution in [3.63, 3.8) is 0 Å². The van der Waals surface area contributed by atoms with Gasteiger partial charge in [-0.3, -0.25) is 4.79 Å². The number of aromatic nitrogens is 1. The van der Waals surface area contributed by atoms with Crippen LogP contribution in [0.2, 0.25) is 10.0 Å². The zero-order chi connectivity index (χ0) is 29.2. The molecule has 9 heteroatoms. The van der Waals surface area contributed by atoms with Crippen LogP contribution in [-0.2, 0) is 0 Å². The monoisotopic (exact) mass is 655 g/mol. The van der Waals surface area contributed by atoms with Crippen molar-refractivity contribution >= 4 is 78.9 Å². The number of carbonyl (C=O) groups is 2. The van der Waals surface area contributed by atoms with E-state index < -0.39 is 11.9 Å². The quantitative estimate of drug-likeness (QED) is 0.0812. The fourth-order valence-corrected chi connectivity index (χ4v) is 5.62. The van der Waals surface area contributed by atoms with Crippen molar-refractivity contribution in [2.75, 3.05) is 0 Å². The van der Waals surface area contributed by atoms with Crippen molar-refractivity contribution in [1.82, 2.24) is 10.4 Å². The van der Waals surface area contributed by atoms with E-state index in [2.05, 4.69) is 31.4 Å². The molecule has 206 valence electrons. The average Bonchev–Trinajstić information content (AvgIpc) is 3.39. The standard InChI is InChI=1S/C33H20BrCl2N3O3/c34-22-11-15-28(42-33(41)25-14-12-23(35)17-27(25)36)21(16-22)18-37-39-32(40)31-29(20-7-2-1-3-8-20)26-13-10-19-6-4-5-9-24(19)30(26)38-31/h1-18,38H,(H,39,40). The van der Waals surface area contributed by atoms with Gasteiger partial charge in [-0.05, 0) is 47.3 Å². The smallest absolute Gasteiger partial charge is 0.345 e. The molecule has 0 bridgehead atoms. The van der Waals surface area contributed by atoms with Crippen molar-refractivity contribution in [3.05, 3.63) is 134 Å². The molecule has 0 radical (unpaired) electrons. The molecule has 0 spiro atoms. The van der Waals surface area contributed by atoms with Crippen molar-refractivity contribution in [2.45, 2.75) is 0 Å². The van der Waals surface area contributed by atoms with Crippen LogP contribution in [0.4, 0.5) is 0 Å². The summed E-state index contributed by atoms with van der Waals surface area (Å²) in [4.78, 5) is 29.7. The minimum Gasteiger partial charge on any atom is -0.422 e. The molecule has 0 atom stereocenters. The molecule has 0 aliphatic rings. The van der Waals surface area contributed by atoms with Gasteiger partial charge >= 0.3 is 5.97 Å². The van der Waals surface area contributed by atoms with E-state index in [4.69, 9.17) is 27.9 Å². The van der Waals surface area contributed by atoms with Gasteiger partial charge < -0.3 is 9.72 Å². The van der Waals surface area contributed by atoms with E-state index in [1.165, 1.54) is 18.3 Å². The van der Waals surface area contributed by atoms with Crippen LogP contribution in [0.15, 0.2) is 113 Å². The molecule has 2 N–H and O–H groups in total. The summed E-state index contributed by atoms with van der Waals surface area (Å²) in [6.45, 7) is 0. The molecule has 1 aromatic heterocycles. The second kappa shape index (κ2) is 11.8. The summed E-state index contributed by atoms with van der Waals surface area (Å²) >= 11 is 15.6. The highest BCUT2D eigenvalue weighted by molar-refractivity contribution is 9.10. The molecule has 6 nitrogen and oxygen atoms in total. The summed E-state index contributed by atoms with van der Waals surface area (Å²) in [7, 11) is 0. The topological polar surface area (TPSA) is 83.5 Å². The summed E-state index contributed by atoms with van der Waals surface area (Å²) < 4.78 is 6.34. The molecule has 0 fully saturated rings. The first-order valence-electron chi connectivity index (χ1n) is 12.8. The molecular formula is C33H20BrCl2N3O3. The lowest BCUT2D eigenvalue weighted by Crippen LogP contribution is -2.19. The third kappa shape index (κ3) is 5.54. The Morgan fingerprint density at radius 1 is 0.857 bits per heavy atom. The van der Waals surface area contributed by atoms with Crippen LogP contribution in [0, 0.1) is 0 Å². The molecule has 0 saturated carbocycles. The number of hydrogen-bond donors (Lipinski definition) is 2. The summed E-state index contributed by atoms with van der Waals surface area (Å²) in [6.07, 6.45) is 1.41. The number of halogens is 3. The Balaban J connectivity index is 1.31. The number of nitrogens with one attached hydrogen (secondary N) is 2. The highest BCUT2D eigenvalue weighted by Gasteiger charge is 2.20. The van der Waals surface area contributed by atoms with Crippen LogP contribution in [-0.4, -0.2) is 23.1 Å². The van der Waals surface area contributed by atoms with E-state index in [1.807, 2.05) is 66.7 Å². The van der Waals surface area contributed by atoms with Gasteiger partial charge in [-0.15, -0.1) is 0 Å². The van der Waals surface area contributed by atoms with Gasteiger partial charge in [0.1, 0.15) is 11.4 Å². The first kappa shape index (κ1) is 27.7. The number of aromatic amines is 1. The summed E-state index contributed by atoms with van der Waals surface area (Å²) in [6, 6.07) is 31.4. The van der Waals surface area contributed by atoms with E-state index >= 15 is 0 Å². The first-order chi connectivity index (χ1) is 20.4. The lowest BCUT2D eigenvalue weighted by atomic mass is 9.99. The van der Waals surface area contributed by atoms with Crippen LogP contribution >= 0.6 is 39.1 Å². The molecule has 5 aromatic carbocycles. The Hall–Kier alpha value is -4.43. The van der Waals surface area contributed by atoms with Crippen LogP contribution in [0.25, 0.3) is 32.8 Å². The van der Waals surface area contributed by atoms with Gasteiger partial charge in [-0.2, -0.15) is 5.10 Å². The van der Waals surface area contributed by atoms with E-state index in [-0.39, 0.29) is 16.3 Å². The lowest BCUT2D eigenvalue weighted by Gasteiger charge is -2.09. The Morgan fingerprint density at radius 2 is 1.64 bits per heavy atom. The maximum Gasteiger partial charge on any atom is 0.345 e. The average molecular weight is 657 g/mol. The number of hydrazone groups is 1. The van der Waals surface area contributed by atoms with Crippen LogP contribution in [0.3, 0.4) is 0 Å². The number of amides is 1. The van der Waals surface area contributed by atoms with Gasteiger partial charge in [0.2, 0.25) is 0 Å². The summed E-state index contributed by atoms with van der Waals surface area (Å²) in [5.74, 6) is -0.850. The Morgan fingerprint density at radius 3 is 2.45 bits per heavy atom. The molecule has 0 unspecified atom stereocenters. The number of esters is 1. The first-order valence-corrected chi connectivity index (χ1v) is 14.3. The van der Waals surface area contributed by atoms with Gasteiger partial charge in [0.25, 0.3) is 5.91 Å². The fourth-order valence-electron chi connectivity index (χ4n) is 4.75. The molecule has 6 aromatic rings. The lowest BCUT2D eigenvalue weighted by molar-refractivity contribution is 0.0734. The van der Waals surface area contributed by atoms with Gasteiger partial charge in [-0.1, -0.05) is 106 Å². The van der Waals surface area contributed by atoms with E-state index in [0.29, 0.717) is 16.3 Å². The zero-order valence-corrected chi connectivity index (χ0v) is 24.8. The number of rotatable bonds is 6. The summed E-state index contributed by atoms with van der Waals surface area (Å²) in [5.41, 5.74) is 6.16. The minimum absolute atomic E-state index is 0.167. The third-order valence-corrected chi connectivity index (χ3v) is 7.72. The number of carbonyl (C=O) groups excluding carboxylic acids is 2. The Bertz CT molecular complexity index is 2020. The number of ether oxygens (including phenoxy) is 1. The number of H-pyrrole nitrogens is 1. The van der Waals surface area contributed by atoms with Crippen molar-refractivity contribution < 1.29 is 14.3 Å². The maximum absolute atomic E-state index is 13.5. The molecule has 0 aliphatic heterocycles. The molecular weight excluding hydrogens is 637 g/mol. The van der Waals surface area contributed by atoms with Crippen molar-refractivity contribution in [2.24, 2.45) is 5.10 Å². The SMILES string of the molecule is O=C(Oc1ccc(Br)cc1C=NNC(=O)c1[nH]c2c(ccc3ccccc32)c1-c1ccccc1)c1ccc(Cl)cc1Cl. The molecule has 0 saturated heterocycles. The molecule has 1 amide bonds.